The zero-order valence-electron chi connectivity index (χ0n) is 39.1. The van der Waals surface area contributed by atoms with E-state index in [0.717, 1.165) is 49.1 Å². The molecule has 0 aliphatic heterocycles. The number of carbonyl (C=O) groups excluding carboxylic acids is 6. The molecule has 0 saturated heterocycles. The van der Waals surface area contributed by atoms with Crippen molar-refractivity contribution in [2.75, 3.05) is 0 Å². The van der Waals surface area contributed by atoms with Gasteiger partial charge in [0.25, 0.3) is 23.6 Å². The predicted octanol–water partition coefficient (Wildman–Crippen LogP) is 3.09. The monoisotopic (exact) mass is 1180 g/mol. The van der Waals surface area contributed by atoms with Crippen molar-refractivity contribution in [1.29, 1.82) is 0 Å². The number of aromatic nitrogens is 4. The predicted molar refractivity (Wildman–Crippen MR) is 258 cm³/mol. The molecular formula is C52H34BaF4N8O12. The average molecular weight is 1180 g/mol. The van der Waals surface area contributed by atoms with Crippen LogP contribution in [0.3, 0.4) is 0 Å². The van der Waals surface area contributed by atoms with Gasteiger partial charge in [-0.25, -0.2) is 37.5 Å². The van der Waals surface area contributed by atoms with E-state index < -0.39 is 117 Å². The number of hydrogen-bond donors (Lipinski definition) is 8. The molecule has 0 aliphatic rings. The van der Waals surface area contributed by atoms with Crippen LogP contribution in [0.5, 0.6) is 23.0 Å². The largest absolute Gasteiger partial charge is 2.00 e. The summed E-state index contributed by atoms with van der Waals surface area (Å²) in [5.41, 5.74) is 0.307. The Bertz CT molecular complexity index is 3150. The van der Waals surface area contributed by atoms with E-state index in [1.54, 1.807) is 24.3 Å². The van der Waals surface area contributed by atoms with E-state index in [4.69, 9.17) is 0 Å². The first kappa shape index (κ1) is 57.1. The quantitative estimate of drug-likeness (QED) is 0.0441. The molecule has 25 heteroatoms. The van der Waals surface area contributed by atoms with Crippen molar-refractivity contribution >= 4 is 84.4 Å². The summed E-state index contributed by atoms with van der Waals surface area (Å²) in [5.74, 6) is -13.2. The topological polar surface area (TPSA) is 329 Å². The summed E-state index contributed by atoms with van der Waals surface area (Å²) in [7, 11) is 0. The number of aromatic hydroxyl groups is 4. The van der Waals surface area contributed by atoms with Crippen molar-refractivity contribution in [2.24, 2.45) is 0 Å². The van der Waals surface area contributed by atoms with E-state index in [1.165, 1.54) is 72.8 Å². The number of carboxylic acids is 2. The van der Waals surface area contributed by atoms with Gasteiger partial charge in [-0.1, -0.05) is 48.5 Å². The Morgan fingerprint density at radius 2 is 0.571 bits per heavy atom. The van der Waals surface area contributed by atoms with Crippen LogP contribution in [0.2, 0.25) is 0 Å². The molecule has 0 spiro atoms. The van der Waals surface area contributed by atoms with Crippen LogP contribution in [-0.2, 0) is 9.59 Å². The molecule has 384 valence electrons. The first-order valence-electron chi connectivity index (χ1n) is 21.7. The van der Waals surface area contributed by atoms with E-state index in [9.17, 15) is 77.0 Å². The minimum absolute atomic E-state index is 0. The summed E-state index contributed by atoms with van der Waals surface area (Å²) in [4.78, 5) is 88.6. The Kier molecular flexibility index (Phi) is 18.8. The van der Waals surface area contributed by atoms with E-state index >= 15 is 0 Å². The molecular weight excluding hydrogens is 1140 g/mol. The fourth-order valence-corrected chi connectivity index (χ4v) is 6.92. The fraction of sp³-hybridized carbons (Fsp3) is 0.0385. The maximum Gasteiger partial charge on any atom is 2.00 e. The van der Waals surface area contributed by atoms with Crippen LogP contribution in [0, 0.1) is 23.3 Å². The van der Waals surface area contributed by atoms with Crippen LogP contribution in [0.1, 0.15) is 42.0 Å². The smallest absolute Gasteiger partial charge is 0.546 e. The van der Waals surface area contributed by atoms with Crippen molar-refractivity contribution in [3.63, 3.8) is 0 Å². The Morgan fingerprint density at radius 3 is 0.740 bits per heavy atom. The number of carbonyl (C=O) groups is 6. The number of nitrogens with zero attached hydrogens (tertiary/aromatic N) is 4. The van der Waals surface area contributed by atoms with Gasteiger partial charge in [0.05, 0.1) is 11.9 Å². The Balaban J connectivity index is 0.000000246. The third-order valence-corrected chi connectivity index (χ3v) is 10.5. The molecule has 0 bridgehead atoms. The van der Waals surface area contributed by atoms with Gasteiger partial charge < -0.3 is 61.5 Å². The van der Waals surface area contributed by atoms with Gasteiger partial charge in [-0.05, 0) is 95.1 Å². The first-order valence-corrected chi connectivity index (χ1v) is 21.7. The van der Waals surface area contributed by atoms with E-state index in [1.807, 2.05) is 21.3 Å². The van der Waals surface area contributed by atoms with Crippen LogP contribution in [0.4, 0.5) is 17.6 Å². The summed E-state index contributed by atoms with van der Waals surface area (Å²) < 4.78 is 53.9. The molecule has 0 aliphatic carbocycles. The van der Waals surface area contributed by atoms with Gasteiger partial charge in [0.15, 0.2) is 22.8 Å². The summed E-state index contributed by atoms with van der Waals surface area (Å²) >= 11 is 0. The summed E-state index contributed by atoms with van der Waals surface area (Å²) in [6, 6.07) is 26.1. The number of carboxylic acid groups (broad SMARTS) is 2. The molecule has 20 nitrogen and oxygen atoms in total. The van der Waals surface area contributed by atoms with Gasteiger partial charge in [0.1, 0.15) is 58.6 Å². The zero-order valence-corrected chi connectivity index (χ0v) is 43.5. The van der Waals surface area contributed by atoms with E-state index in [2.05, 4.69) is 19.9 Å². The number of rotatable bonds is 14. The third kappa shape index (κ3) is 14.6. The molecule has 8 aromatic rings. The second kappa shape index (κ2) is 25.4. The second-order valence-corrected chi connectivity index (χ2v) is 15.8. The second-order valence-electron chi connectivity index (χ2n) is 15.8. The Labute approximate surface area is 471 Å². The SMILES string of the molecule is O=C(NC(NC(=O)c1ncc(-c2cccc(F)c2)cc1O)C(=O)[O-])c1ncc(-c2cccc(F)c2)cc1O.O=C(NC(NC(=O)c1ncc(-c2cccc(F)c2)cc1O)C(=O)[O-])c1ncc(-c2cccc(F)c2)cc1O.[Ba+2]. The molecule has 8 rings (SSSR count). The van der Waals surface area contributed by atoms with Gasteiger partial charge in [-0.15, -0.1) is 0 Å². The molecule has 77 heavy (non-hydrogen) atoms. The molecule has 0 atom stereocenters. The maximum absolute atomic E-state index is 13.5. The minimum atomic E-state index is -2.11. The molecule has 0 fully saturated rings. The molecule has 4 heterocycles. The van der Waals surface area contributed by atoms with Crippen molar-refractivity contribution in [3.8, 4) is 67.5 Å². The average Bonchev–Trinajstić information content (AvgIpc) is 3.38. The van der Waals surface area contributed by atoms with Gasteiger partial charge in [-0.3, -0.25) is 19.2 Å². The minimum Gasteiger partial charge on any atom is -0.546 e. The number of benzene rings is 4. The van der Waals surface area contributed by atoms with Crippen LogP contribution in [-0.4, -0.2) is 137 Å². The number of halogens is 4. The van der Waals surface area contributed by atoms with Crippen LogP contribution >= 0.6 is 0 Å². The maximum atomic E-state index is 13.5. The number of pyridine rings is 4. The number of amides is 4. The van der Waals surface area contributed by atoms with Crippen molar-refractivity contribution in [3.05, 3.63) is 192 Å². The number of hydrogen-bond acceptors (Lipinski definition) is 16. The number of nitrogens with one attached hydrogen (secondary N) is 4. The third-order valence-electron chi connectivity index (χ3n) is 10.5. The molecule has 4 amide bonds. The molecule has 0 unspecified atom stereocenters. The summed E-state index contributed by atoms with van der Waals surface area (Å²) in [5, 5.41) is 71.9. The zero-order chi connectivity index (χ0) is 54.8. The molecule has 0 radical (unpaired) electrons. The van der Waals surface area contributed by atoms with E-state index in [-0.39, 0.29) is 71.1 Å². The molecule has 8 N–H and O–H groups in total. The first-order chi connectivity index (χ1) is 36.2. The summed E-state index contributed by atoms with van der Waals surface area (Å²) in [6.07, 6.45) is 0.443. The van der Waals surface area contributed by atoms with Gasteiger partial charge in [0.2, 0.25) is 0 Å². The van der Waals surface area contributed by atoms with Crippen molar-refractivity contribution in [1.82, 2.24) is 41.2 Å². The molecule has 4 aromatic carbocycles. The number of aliphatic carboxylic acids is 2. The van der Waals surface area contributed by atoms with Crippen LogP contribution in [0.25, 0.3) is 44.5 Å². The van der Waals surface area contributed by atoms with E-state index in [0.29, 0.717) is 22.3 Å². The standard InChI is InChI=1S/2C26H18F2N4O6.Ba/c2*27-17-5-1-3-13(7-17)15-9-19(33)21(29-11-15)24(35)31-23(26(37)38)32-25(36)22-20(34)10-16(12-30-22)14-4-2-6-18(28)8-14;/h2*1-12,23,33-34H,(H,31,35)(H,32,36)(H,37,38);/q;;+2/p-2. The van der Waals surface area contributed by atoms with Crippen molar-refractivity contribution < 1.29 is 77.0 Å². The summed E-state index contributed by atoms with van der Waals surface area (Å²) in [6.45, 7) is 0. The van der Waals surface area contributed by atoms with Crippen LogP contribution < -0.4 is 31.5 Å². The Morgan fingerprint density at radius 1 is 0.364 bits per heavy atom. The molecule has 4 aromatic heterocycles. The van der Waals surface area contributed by atoms with Gasteiger partial charge in [0, 0.05) is 47.0 Å². The van der Waals surface area contributed by atoms with Gasteiger partial charge in [-0.2, -0.15) is 0 Å². The van der Waals surface area contributed by atoms with Crippen LogP contribution in [0.15, 0.2) is 146 Å². The molecule has 0 saturated carbocycles. The van der Waals surface area contributed by atoms with Crippen molar-refractivity contribution in [2.45, 2.75) is 12.3 Å². The fourth-order valence-electron chi connectivity index (χ4n) is 6.92. The van der Waals surface area contributed by atoms with Gasteiger partial charge >= 0.3 is 48.9 Å². The normalized spacial score (nSPS) is 10.6. The Hall–Kier alpha value is -9.21.